The van der Waals surface area contributed by atoms with Crippen LogP contribution in [-0.4, -0.2) is 16.2 Å². The zero-order chi connectivity index (χ0) is 17.7. The lowest BCUT2D eigenvalue weighted by molar-refractivity contribution is -0.114. The molecule has 1 aliphatic carbocycles. The van der Waals surface area contributed by atoms with Crippen LogP contribution < -0.4 is 5.01 Å². The lowest BCUT2D eigenvalue weighted by Crippen LogP contribution is -2.21. The topological polar surface area (TPSA) is 37.6 Å². The van der Waals surface area contributed by atoms with Gasteiger partial charge >= 0.3 is 0 Å². The van der Waals surface area contributed by atoms with Crippen LogP contribution in [0.25, 0.3) is 6.08 Å². The minimum atomic E-state index is -0.101. The Morgan fingerprint density at radius 2 is 1.84 bits per heavy atom. The van der Waals surface area contributed by atoms with Crippen molar-refractivity contribution in [1.29, 1.82) is 0 Å². The fraction of sp³-hybridized carbons (Fsp3) is 0.300. The number of carbonyl (C=O) groups is 1. The highest BCUT2D eigenvalue weighted by Crippen LogP contribution is 2.39. The Hall–Kier alpha value is -2.33. The summed E-state index contributed by atoms with van der Waals surface area (Å²) in [6, 6.07) is 9.93. The Morgan fingerprint density at radius 1 is 1.16 bits per heavy atom. The van der Waals surface area contributed by atoms with E-state index in [1.165, 1.54) is 29.2 Å². The molecule has 0 atom stereocenters. The summed E-state index contributed by atoms with van der Waals surface area (Å²) >= 11 is 5.93. The number of aryl methyl sites for hydroxylation is 1. The largest absolute Gasteiger partial charge is 0.346 e. The van der Waals surface area contributed by atoms with Crippen molar-refractivity contribution in [1.82, 2.24) is 4.57 Å². The van der Waals surface area contributed by atoms with Gasteiger partial charge in [0, 0.05) is 22.5 Å². The molecule has 0 unspecified atom stereocenters. The zero-order valence-corrected chi connectivity index (χ0v) is 15.3. The molecule has 2 aromatic rings. The number of carbonyl (C=O) groups excluding carboxylic acids is 1. The number of hydrogen-bond donors (Lipinski definition) is 0. The standard InChI is InChI=1S/C20H20ClN3O/c1-12-10-15(14(3)23(12)17-8-9-17)11-19-13(2)22-24(20(19)25)18-6-4-16(21)5-7-18/h4-7,10-11,17H,8-9H2,1-3H3/b19-11+. The van der Waals surface area contributed by atoms with Crippen LogP contribution in [0.1, 0.15) is 42.8 Å². The second kappa shape index (κ2) is 5.88. The van der Waals surface area contributed by atoms with Gasteiger partial charge in [-0.2, -0.15) is 10.1 Å². The molecular weight excluding hydrogens is 334 g/mol. The molecule has 0 radical (unpaired) electrons. The number of nitrogens with zero attached hydrogens (tertiary/aromatic N) is 3. The zero-order valence-electron chi connectivity index (χ0n) is 14.6. The summed E-state index contributed by atoms with van der Waals surface area (Å²) in [6.07, 6.45) is 4.46. The number of anilines is 1. The Labute approximate surface area is 152 Å². The maximum Gasteiger partial charge on any atom is 0.280 e. The van der Waals surface area contributed by atoms with Crippen molar-refractivity contribution >= 4 is 35.0 Å². The van der Waals surface area contributed by atoms with Gasteiger partial charge < -0.3 is 4.57 Å². The summed E-state index contributed by atoms with van der Waals surface area (Å²) in [7, 11) is 0. The summed E-state index contributed by atoms with van der Waals surface area (Å²) in [6.45, 7) is 6.13. The fourth-order valence-corrected chi connectivity index (χ4v) is 3.57. The van der Waals surface area contributed by atoms with Crippen LogP contribution in [0.3, 0.4) is 0 Å². The first kappa shape index (κ1) is 16.2. The van der Waals surface area contributed by atoms with E-state index in [1.807, 2.05) is 13.0 Å². The summed E-state index contributed by atoms with van der Waals surface area (Å²) in [5.74, 6) is -0.101. The number of halogens is 1. The minimum absolute atomic E-state index is 0.101. The Balaban J connectivity index is 1.68. The van der Waals surface area contributed by atoms with Crippen molar-refractivity contribution in [2.45, 2.75) is 39.7 Å². The van der Waals surface area contributed by atoms with Gasteiger partial charge in [0.15, 0.2) is 0 Å². The van der Waals surface area contributed by atoms with E-state index in [2.05, 4.69) is 29.6 Å². The Kier molecular flexibility index (Phi) is 3.80. The molecule has 128 valence electrons. The summed E-state index contributed by atoms with van der Waals surface area (Å²) in [5, 5.41) is 6.52. The molecule has 2 heterocycles. The molecule has 25 heavy (non-hydrogen) atoms. The van der Waals surface area contributed by atoms with Crippen molar-refractivity contribution in [2.24, 2.45) is 5.10 Å². The minimum Gasteiger partial charge on any atom is -0.346 e. The molecule has 1 saturated carbocycles. The Bertz CT molecular complexity index is 917. The van der Waals surface area contributed by atoms with Gasteiger partial charge in [-0.1, -0.05) is 11.6 Å². The van der Waals surface area contributed by atoms with Crippen molar-refractivity contribution in [3.63, 3.8) is 0 Å². The van der Waals surface area contributed by atoms with Crippen molar-refractivity contribution in [3.05, 3.63) is 57.9 Å². The van der Waals surface area contributed by atoms with Gasteiger partial charge in [0.1, 0.15) is 0 Å². The predicted molar refractivity (Wildman–Crippen MR) is 102 cm³/mol. The van der Waals surface area contributed by atoms with E-state index in [0.717, 1.165) is 17.0 Å². The first-order valence-corrected chi connectivity index (χ1v) is 8.89. The maximum absolute atomic E-state index is 12.9. The molecule has 2 aliphatic rings. The van der Waals surface area contributed by atoms with Gasteiger partial charge in [-0.3, -0.25) is 4.79 Å². The molecule has 0 spiro atoms. The van der Waals surface area contributed by atoms with Crippen LogP contribution >= 0.6 is 11.6 Å². The molecule has 1 fully saturated rings. The van der Waals surface area contributed by atoms with Crippen LogP contribution in [0.15, 0.2) is 41.0 Å². The summed E-state index contributed by atoms with van der Waals surface area (Å²) < 4.78 is 2.38. The highest BCUT2D eigenvalue weighted by atomic mass is 35.5. The number of amides is 1. The predicted octanol–water partition coefficient (Wildman–Crippen LogP) is 4.90. The second-order valence-electron chi connectivity index (χ2n) is 6.76. The number of aromatic nitrogens is 1. The fourth-order valence-electron chi connectivity index (χ4n) is 3.44. The smallest absolute Gasteiger partial charge is 0.280 e. The van der Waals surface area contributed by atoms with Gasteiger partial charge in [0.25, 0.3) is 5.91 Å². The molecule has 1 amide bonds. The van der Waals surface area contributed by atoms with Gasteiger partial charge in [-0.25, -0.2) is 0 Å². The highest BCUT2D eigenvalue weighted by Gasteiger charge is 2.30. The third-order valence-corrected chi connectivity index (χ3v) is 5.12. The molecule has 1 aromatic carbocycles. The normalized spacial score (nSPS) is 19.0. The molecule has 0 bridgehead atoms. The van der Waals surface area contributed by atoms with Crippen molar-refractivity contribution < 1.29 is 4.79 Å². The molecule has 0 saturated heterocycles. The lowest BCUT2D eigenvalue weighted by Gasteiger charge is -2.11. The van der Waals surface area contributed by atoms with E-state index in [9.17, 15) is 4.79 Å². The number of hydrazone groups is 1. The van der Waals surface area contributed by atoms with Gasteiger partial charge in [0.05, 0.1) is 17.0 Å². The Morgan fingerprint density at radius 3 is 2.48 bits per heavy atom. The van der Waals surface area contributed by atoms with Crippen LogP contribution in [0.2, 0.25) is 5.02 Å². The average molecular weight is 354 g/mol. The molecule has 5 heteroatoms. The van der Waals surface area contributed by atoms with Crippen molar-refractivity contribution in [3.8, 4) is 0 Å². The lowest BCUT2D eigenvalue weighted by atomic mass is 10.1. The van der Waals surface area contributed by atoms with Crippen LogP contribution in [0.5, 0.6) is 0 Å². The van der Waals surface area contributed by atoms with Gasteiger partial charge in [-0.15, -0.1) is 0 Å². The van der Waals surface area contributed by atoms with E-state index in [4.69, 9.17) is 11.6 Å². The molecule has 1 aromatic heterocycles. The number of hydrogen-bond acceptors (Lipinski definition) is 2. The highest BCUT2D eigenvalue weighted by molar-refractivity contribution is 6.32. The SMILES string of the molecule is CC1=NN(c2ccc(Cl)cc2)C(=O)/C1=C/c1cc(C)n(C2CC2)c1C. The first-order valence-electron chi connectivity index (χ1n) is 8.51. The van der Waals surface area contributed by atoms with E-state index in [0.29, 0.717) is 16.6 Å². The maximum atomic E-state index is 12.9. The quantitative estimate of drug-likeness (QED) is 0.723. The molecule has 0 N–H and O–H groups in total. The van der Waals surface area contributed by atoms with E-state index >= 15 is 0 Å². The van der Waals surface area contributed by atoms with E-state index in [-0.39, 0.29) is 5.91 Å². The van der Waals surface area contributed by atoms with Crippen LogP contribution in [0.4, 0.5) is 5.69 Å². The molecule has 4 nitrogen and oxygen atoms in total. The summed E-state index contributed by atoms with van der Waals surface area (Å²) in [5.41, 5.74) is 5.67. The number of rotatable bonds is 3. The van der Waals surface area contributed by atoms with Gasteiger partial charge in [-0.05, 0) is 75.6 Å². The van der Waals surface area contributed by atoms with Gasteiger partial charge in [0.2, 0.25) is 0 Å². The van der Waals surface area contributed by atoms with E-state index < -0.39 is 0 Å². The molecular formula is C20H20ClN3O. The third kappa shape index (κ3) is 2.81. The van der Waals surface area contributed by atoms with Crippen LogP contribution in [0, 0.1) is 13.8 Å². The molecule has 4 rings (SSSR count). The van der Waals surface area contributed by atoms with E-state index in [1.54, 1.807) is 24.3 Å². The third-order valence-electron chi connectivity index (χ3n) is 4.87. The summed E-state index contributed by atoms with van der Waals surface area (Å²) in [4.78, 5) is 12.9. The average Bonchev–Trinajstić information content (AvgIpc) is 3.31. The van der Waals surface area contributed by atoms with Crippen molar-refractivity contribution in [2.75, 3.05) is 5.01 Å². The second-order valence-corrected chi connectivity index (χ2v) is 7.20. The monoisotopic (exact) mass is 353 g/mol. The van der Waals surface area contributed by atoms with Crippen LogP contribution in [-0.2, 0) is 4.79 Å². The first-order chi connectivity index (χ1) is 12.0. The molecule has 1 aliphatic heterocycles. The number of benzene rings is 1.